The van der Waals surface area contributed by atoms with E-state index in [-0.39, 0.29) is 5.91 Å². The minimum atomic E-state index is 0.00843. The molecule has 0 aliphatic rings. The van der Waals surface area contributed by atoms with E-state index in [2.05, 4.69) is 34.8 Å². The van der Waals surface area contributed by atoms with Crippen molar-refractivity contribution in [3.63, 3.8) is 0 Å². The van der Waals surface area contributed by atoms with Gasteiger partial charge in [0.2, 0.25) is 0 Å². The van der Waals surface area contributed by atoms with E-state index in [0.29, 0.717) is 16.2 Å². The Morgan fingerprint density at radius 2 is 2.18 bits per heavy atom. The predicted octanol–water partition coefficient (Wildman–Crippen LogP) is 3.35. The molecule has 1 atom stereocenters. The lowest BCUT2D eigenvalue weighted by Crippen LogP contribution is -2.35. The first-order valence-corrected chi connectivity index (χ1v) is 6.79. The Kier molecular flexibility index (Phi) is 5.62. The van der Waals surface area contributed by atoms with Crippen molar-refractivity contribution >= 4 is 21.8 Å². The maximum Gasteiger partial charge on any atom is 0.272 e. The summed E-state index contributed by atoms with van der Waals surface area (Å²) in [5, 5.41) is 0. The van der Waals surface area contributed by atoms with Gasteiger partial charge in [-0.3, -0.25) is 4.79 Å². The van der Waals surface area contributed by atoms with Gasteiger partial charge in [0.05, 0.1) is 0 Å². The summed E-state index contributed by atoms with van der Waals surface area (Å²) in [5.74, 6) is 0.528. The van der Waals surface area contributed by atoms with E-state index < -0.39 is 0 Å². The van der Waals surface area contributed by atoms with Crippen molar-refractivity contribution in [2.24, 2.45) is 5.92 Å². The number of pyridine rings is 1. The highest BCUT2D eigenvalue weighted by Gasteiger charge is 2.17. The Morgan fingerprint density at radius 1 is 1.47 bits per heavy atom. The fraction of sp³-hybridized carbons (Fsp3) is 0.538. The maximum absolute atomic E-state index is 12.2. The molecule has 0 saturated heterocycles. The number of hydrogen-bond acceptors (Lipinski definition) is 2. The fourth-order valence-corrected chi connectivity index (χ4v) is 1.89. The number of aromatic nitrogens is 1. The monoisotopic (exact) mass is 298 g/mol. The van der Waals surface area contributed by atoms with E-state index in [4.69, 9.17) is 0 Å². The number of carbonyl (C=O) groups is 1. The Labute approximate surface area is 111 Å². The highest BCUT2D eigenvalue weighted by atomic mass is 79.9. The lowest BCUT2D eigenvalue weighted by Gasteiger charge is -2.23. The van der Waals surface area contributed by atoms with Gasteiger partial charge in [-0.2, -0.15) is 0 Å². The Morgan fingerprint density at radius 3 is 2.71 bits per heavy atom. The summed E-state index contributed by atoms with van der Waals surface area (Å²) >= 11 is 3.28. The van der Waals surface area contributed by atoms with Crippen molar-refractivity contribution in [1.29, 1.82) is 0 Å². The second kappa shape index (κ2) is 6.74. The Bertz CT molecular complexity index is 381. The van der Waals surface area contributed by atoms with Crippen molar-refractivity contribution in [1.82, 2.24) is 9.88 Å². The third-order valence-electron chi connectivity index (χ3n) is 2.83. The Balaban J connectivity index is 2.79. The lowest BCUT2D eigenvalue weighted by atomic mass is 10.1. The molecule has 1 rings (SSSR count). The van der Waals surface area contributed by atoms with Gasteiger partial charge >= 0.3 is 0 Å². The molecule has 0 aliphatic heterocycles. The van der Waals surface area contributed by atoms with Crippen LogP contribution in [-0.2, 0) is 0 Å². The molecule has 0 spiro atoms. The lowest BCUT2D eigenvalue weighted by molar-refractivity contribution is 0.0734. The van der Waals surface area contributed by atoms with Crippen LogP contribution in [0.25, 0.3) is 0 Å². The summed E-state index contributed by atoms with van der Waals surface area (Å²) in [5.41, 5.74) is 0.504. The minimum absolute atomic E-state index is 0.00843. The van der Waals surface area contributed by atoms with E-state index in [1.165, 1.54) is 0 Å². The van der Waals surface area contributed by atoms with Crippen LogP contribution in [0.15, 0.2) is 22.8 Å². The second-order valence-electron chi connectivity index (χ2n) is 4.20. The maximum atomic E-state index is 12.2. The normalized spacial score (nSPS) is 12.2. The van der Waals surface area contributed by atoms with Crippen LogP contribution in [0.2, 0.25) is 0 Å². The van der Waals surface area contributed by atoms with Crippen LogP contribution in [0.3, 0.4) is 0 Å². The van der Waals surface area contributed by atoms with Crippen LogP contribution in [0, 0.1) is 5.92 Å². The quantitative estimate of drug-likeness (QED) is 0.781. The predicted molar refractivity (Wildman–Crippen MR) is 73.0 cm³/mol. The summed E-state index contributed by atoms with van der Waals surface area (Å²) in [6, 6.07) is 5.41. The molecular weight excluding hydrogens is 280 g/mol. The molecule has 0 aliphatic carbocycles. The highest BCUT2D eigenvalue weighted by molar-refractivity contribution is 9.10. The summed E-state index contributed by atoms with van der Waals surface area (Å²) < 4.78 is 0.697. The first-order chi connectivity index (χ1) is 8.08. The number of hydrogen-bond donors (Lipinski definition) is 0. The number of halogens is 1. The summed E-state index contributed by atoms with van der Waals surface area (Å²) in [6.07, 6.45) is 1.08. The van der Waals surface area contributed by atoms with E-state index >= 15 is 0 Å². The zero-order valence-electron chi connectivity index (χ0n) is 10.6. The molecule has 1 amide bonds. The number of nitrogens with zero attached hydrogens (tertiary/aromatic N) is 2. The van der Waals surface area contributed by atoms with Gasteiger partial charge < -0.3 is 4.90 Å². The van der Waals surface area contributed by atoms with Gasteiger partial charge in [-0.05, 0) is 40.9 Å². The topological polar surface area (TPSA) is 33.2 Å². The molecule has 0 N–H and O–H groups in total. The van der Waals surface area contributed by atoms with Gasteiger partial charge in [-0.25, -0.2) is 4.98 Å². The van der Waals surface area contributed by atoms with Gasteiger partial charge in [0.1, 0.15) is 10.3 Å². The minimum Gasteiger partial charge on any atom is -0.337 e. The van der Waals surface area contributed by atoms with Gasteiger partial charge in [-0.15, -0.1) is 0 Å². The third kappa shape index (κ3) is 4.11. The molecule has 1 aromatic heterocycles. The van der Waals surface area contributed by atoms with Gasteiger partial charge in [0, 0.05) is 13.1 Å². The van der Waals surface area contributed by atoms with Crippen molar-refractivity contribution in [2.75, 3.05) is 13.1 Å². The van der Waals surface area contributed by atoms with Crippen LogP contribution in [0.1, 0.15) is 37.7 Å². The molecule has 1 heterocycles. The zero-order chi connectivity index (χ0) is 12.8. The first-order valence-electron chi connectivity index (χ1n) is 6.00. The molecule has 94 valence electrons. The van der Waals surface area contributed by atoms with Crippen molar-refractivity contribution in [3.05, 3.63) is 28.5 Å². The van der Waals surface area contributed by atoms with Gasteiger partial charge in [0.15, 0.2) is 0 Å². The highest BCUT2D eigenvalue weighted by Crippen LogP contribution is 2.11. The number of carbonyl (C=O) groups excluding carboxylic acids is 1. The van der Waals surface area contributed by atoms with Crippen molar-refractivity contribution < 1.29 is 4.79 Å². The van der Waals surface area contributed by atoms with E-state index in [1.54, 1.807) is 6.07 Å². The van der Waals surface area contributed by atoms with E-state index in [0.717, 1.165) is 19.5 Å². The second-order valence-corrected chi connectivity index (χ2v) is 5.02. The Hall–Kier alpha value is -0.900. The molecule has 0 fully saturated rings. The van der Waals surface area contributed by atoms with Crippen LogP contribution in [-0.4, -0.2) is 28.9 Å². The van der Waals surface area contributed by atoms with Crippen LogP contribution >= 0.6 is 15.9 Å². The molecule has 17 heavy (non-hydrogen) atoms. The van der Waals surface area contributed by atoms with Crippen LogP contribution < -0.4 is 0 Å². The van der Waals surface area contributed by atoms with E-state index in [1.807, 2.05) is 24.0 Å². The summed E-state index contributed by atoms with van der Waals surface area (Å²) in [7, 11) is 0. The smallest absolute Gasteiger partial charge is 0.272 e. The molecule has 4 heteroatoms. The molecule has 0 bridgehead atoms. The molecule has 3 nitrogen and oxygen atoms in total. The van der Waals surface area contributed by atoms with Crippen LogP contribution in [0.4, 0.5) is 0 Å². The largest absolute Gasteiger partial charge is 0.337 e. The van der Waals surface area contributed by atoms with Gasteiger partial charge in [-0.1, -0.05) is 26.3 Å². The summed E-state index contributed by atoms with van der Waals surface area (Å²) in [6.45, 7) is 7.81. The van der Waals surface area contributed by atoms with Crippen LogP contribution in [0.5, 0.6) is 0 Å². The molecule has 1 unspecified atom stereocenters. The number of rotatable bonds is 5. The zero-order valence-corrected chi connectivity index (χ0v) is 12.2. The molecule has 0 aromatic carbocycles. The molecule has 0 saturated carbocycles. The first kappa shape index (κ1) is 14.2. The average molecular weight is 299 g/mol. The SMILES string of the molecule is CCC(C)CN(CC)C(=O)c1cccc(Br)n1. The fourth-order valence-electron chi connectivity index (χ4n) is 1.55. The van der Waals surface area contributed by atoms with E-state index in [9.17, 15) is 4.79 Å². The van der Waals surface area contributed by atoms with Gasteiger partial charge in [0.25, 0.3) is 5.91 Å². The molecular formula is C13H19BrN2O. The molecule has 0 radical (unpaired) electrons. The third-order valence-corrected chi connectivity index (χ3v) is 3.27. The molecule has 1 aromatic rings. The van der Waals surface area contributed by atoms with Crippen molar-refractivity contribution in [2.45, 2.75) is 27.2 Å². The standard InChI is InChI=1S/C13H19BrN2O/c1-4-10(3)9-16(5-2)13(17)11-7-6-8-12(14)15-11/h6-8,10H,4-5,9H2,1-3H3. The summed E-state index contributed by atoms with van der Waals surface area (Å²) in [4.78, 5) is 18.3. The number of amides is 1. The average Bonchev–Trinajstić information content (AvgIpc) is 2.34. The van der Waals surface area contributed by atoms with Crippen molar-refractivity contribution in [3.8, 4) is 0 Å².